The molecule has 5 nitrogen and oxygen atoms in total. The van der Waals surface area contributed by atoms with Crippen molar-refractivity contribution in [2.45, 2.75) is 6.61 Å². The summed E-state index contributed by atoms with van der Waals surface area (Å²) in [6, 6.07) is 25.2. The van der Waals surface area contributed by atoms with E-state index in [2.05, 4.69) is 15.3 Å². The van der Waals surface area contributed by atoms with Gasteiger partial charge in [0.1, 0.15) is 12.4 Å². The lowest BCUT2D eigenvalue weighted by Gasteiger charge is -2.10. The summed E-state index contributed by atoms with van der Waals surface area (Å²) in [4.78, 5) is 20.2. The van der Waals surface area contributed by atoms with E-state index in [-0.39, 0.29) is 12.5 Å². The zero-order valence-electron chi connectivity index (χ0n) is 14.7. The molecule has 0 saturated carbocycles. The maximum Gasteiger partial charge on any atom is 0.250 e. The van der Waals surface area contributed by atoms with E-state index in [1.54, 1.807) is 0 Å². The summed E-state index contributed by atoms with van der Waals surface area (Å²) >= 11 is 0. The van der Waals surface area contributed by atoms with Gasteiger partial charge in [0.25, 0.3) is 0 Å². The fraction of sp³-hybridized carbons (Fsp3) is 0.0909. The van der Waals surface area contributed by atoms with Crippen LogP contribution in [0, 0.1) is 0 Å². The fourth-order valence-corrected chi connectivity index (χ4v) is 2.90. The van der Waals surface area contributed by atoms with Crippen molar-refractivity contribution in [2.24, 2.45) is 0 Å². The maximum absolute atomic E-state index is 12.3. The third kappa shape index (κ3) is 4.04. The van der Waals surface area contributed by atoms with E-state index in [0.717, 1.165) is 28.0 Å². The van der Waals surface area contributed by atoms with Crippen LogP contribution in [0.1, 0.15) is 5.56 Å². The molecule has 5 heteroatoms. The predicted molar refractivity (Wildman–Crippen MR) is 106 cm³/mol. The minimum absolute atomic E-state index is 0.0106. The van der Waals surface area contributed by atoms with Crippen LogP contribution >= 0.6 is 0 Å². The Bertz CT molecular complexity index is 1020. The predicted octanol–water partition coefficient (Wildman–Crippen LogP) is 4.39. The third-order valence-electron chi connectivity index (χ3n) is 4.19. The van der Waals surface area contributed by atoms with Gasteiger partial charge in [0, 0.05) is 5.56 Å². The standard InChI is InChI=1S/C22H19N3O2/c26-21(15-27-14-16-8-2-1-3-9-16)23-18-11-5-4-10-17(18)22-24-19-12-6-7-13-20(19)25-22/h1-13H,14-15H2,(H,23,26)(H,24,25). The van der Waals surface area contributed by atoms with E-state index < -0.39 is 0 Å². The van der Waals surface area contributed by atoms with Crippen LogP contribution in [-0.4, -0.2) is 22.5 Å². The summed E-state index contributed by atoms with van der Waals surface area (Å²) in [7, 11) is 0. The Kier molecular flexibility index (Phi) is 4.94. The number of carbonyl (C=O) groups is 1. The van der Waals surface area contributed by atoms with Crippen LogP contribution in [0.2, 0.25) is 0 Å². The second-order valence-corrected chi connectivity index (χ2v) is 6.17. The van der Waals surface area contributed by atoms with Crippen LogP contribution in [0.15, 0.2) is 78.9 Å². The Balaban J connectivity index is 1.45. The number of anilines is 1. The first-order chi connectivity index (χ1) is 13.3. The molecule has 0 fully saturated rings. The number of imidazole rings is 1. The van der Waals surface area contributed by atoms with Crippen molar-refractivity contribution in [3.05, 3.63) is 84.4 Å². The van der Waals surface area contributed by atoms with Crippen molar-refractivity contribution in [2.75, 3.05) is 11.9 Å². The number of para-hydroxylation sites is 3. The maximum atomic E-state index is 12.3. The van der Waals surface area contributed by atoms with Gasteiger partial charge in [0.05, 0.1) is 23.3 Å². The monoisotopic (exact) mass is 357 g/mol. The van der Waals surface area contributed by atoms with Crippen molar-refractivity contribution < 1.29 is 9.53 Å². The van der Waals surface area contributed by atoms with Gasteiger partial charge in [-0.2, -0.15) is 0 Å². The molecule has 0 atom stereocenters. The molecular formula is C22H19N3O2. The minimum atomic E-state index is -0.200. The molecular weight excluding hydrogens is 338 g/mol. The first-order valence-corrected chi connectivity index (χ1v) is 8.75. The molecule has 3 aromatic carbocycles. The first-order valence-electron chi connectivity index (χ1n) is 8.75. The number of nitrogens with one attached hydrogen (secondary N) is 2. The Morgan fingerprint density at radius 2 is 1.67 bits per heavy atom. The van der Waals surface area contributed by atoms with E-state index in [1.165, 1.54) is 0 Å². The van der Waals surface area contributed by atoms with E-state index in [1.807, 2.05) is 78.9 Å². The number of fused-ring (bicyclic) bond motifs is 1. The Labute approximate surface area is 157 Å². The van der Waals surface area contributed by atoms with Gasteiger partial charge in [-0.1, -0.05) is 54.6 Å². The number of aromatic amines is 1. The van der Waals surface area contributed by atoms with Gasteiger partial charge in [0.2, 0.25) is 5.91 Å². The van der Waals surface area contributed by atoms with Crippen molar-refractivity contribution >= 4 is 22.6 Å². The van der Waals surface area contributed by atoms with Crippen LogP contribution < -0.4 is 5.32 Å². The number of aromatic nitrogens is 2. The average Bonchev–Trinajstić information content (AvgIpc) is 3.13. The SMILES string of the molecule is O=C(COCc1ccccc1)Nc1ccccc1-c1nc2ccccc2[nH]1. The number of ether oxygens (including phenoxy) is 1. The van der Waals surface area contributed by atoms with Crippen molar-refractivity contribution in [3.63, 3.8) is 0 Å². The van der Waals surface area contributed by atoms with Crippen molar-refractivity contribution in [1.82, 2.24) is 9.97 Å². The normalized spacial score (nSPS) is 10.8. The van der Waals surface area contributed by atoms with E-state index in [4.69, 9.17) is 4.74 Å². The minimum Gasteiger partial charge on any atom is -0.367 e. The van der Waals surface area contributed by atoms with Gasteiger partial charge in [-0.25, -0.2) is 4.98 Å². The van der Waals surface area contributed by atoms with Gasteiger partial charge in [-0.3, -0.25) is 4.79 Å². The summed E-state index contributed by atoms with van der Waals surface area (Å²) in [5, 5.41) is 2.92. The van der Waals surface area contributed by atoms with Gasteiger partial charge in [-0.15, -0.1) is 0 Å². The van der Waals surface area contributed by atoms with E-state index in [9.17, 15) is 4.79 Å². The lowest BCUT2D eigenvalue weighted by atomic mass is 10.1. The van der Waals surface area contributed by atoms with E-state index in [0.29, 0.717) is 12.3 Å². The largest absolute Gasteiger partial charge is 0.367 e. The molecule has 27 heavy (non-hydrogen) atoms. The highest BCUT2D eigenvalue weighted by Crippen LogP contribution is 2.27. The molecule has 0 unspecified atom stereocenters. The van der Waals surface area contributed by atoms with Crippen LogP contribution in [-0.2, 0) is 16.1 Å². The Morgan fingerprint density at radius 3 is 2.52 bits per heavy atom. The lowest BCUT2D eigenvalue weighted by Crippen LogP contribution is -2.18. The summed E-state index contributed by atoms with van der Waals surface area (Å²) in [6.07, 6.45) is 0. The number of hydrogen-bond acceptors (Lipinski definition) is 3. The highest BCUT2D eigenvalue weighted by Gasteiger charge is 2.12. The second-order valence-electron chi connectivity index (χ2n) is 6.17. The molecule has 1 aromatic heterocycles. The smallest absolute Gasteiger partial charge is 0.250 e. The van der Waals surface area contributed by atoms with E-state index >= 15 is 0 Å². The number of rotatable bonds is 6. The quantitative estimate of drug-likeness (QED) is 0.538. The highest BCUT2D eigenvalue weighted by molar-refractivity contribution is 5.96. The molecule has 1 heterocycles. The number of nitrogens with zero attached hydrogens (tertiary/aromatic N) is 1. The van der Waals surface area contributed by atoms with Crippen molar-refractivity contribution in [3.8, 4) is 11.4 Å². The summed E-state index contributed by atoms with van der Waals surface area (Å²) in [5.41, 5.74) is 4.42. The van der Waals surface area contributed by atoms with Crippen LogP contribution in [0.5, 0.6) is 0 Å². The molecule has 0 aliphatic carbocycles. The zero-order chi connectivity index (χ0) is 18.5. The molecule has 2 N–H and O–H groups in total. The van der Waals surface area contributed by atoms with Crippen LogP contribution in [0.25, 0.3) is 22.4 Å². The molecule has 134 valence electrons. The molecule has 0 radical (unpaired) electrons. The number of hydrogen-bond donors (Lipinski definition) is 2. The molecule has 4 rings (SSSR count). The number of amides is 1. The molecule has 0 saturated heterocycles. The molecule has 0 aliphatic rings. The Morgan fingerprint density at radius 1 is 0.926 bits per heavy atom. The van der Waals surface area contributed by atoms with Gasteiger partial charge in [0.15, 0.2) is 0 Å². The summed E-state index contributed by atoms with van der Waals surface area (Å²) in [5.74, 6) is 0.520. The summed E-state index contributed by atoms with van der Waals surface area (Å²) in [6.45, 7) is 0.392. The number of carbonyl (C=O) groups excluding carboxylic acids is 1. The topological polar surface area (TPSA) is 67.0 Å². The molecule has 0 aliphatic heterocycles. The molecule has 0 spiro atoms. The average molecular weight is 357 g/mol. The highest BCUT2D eigenvalue weighted by atomic mass is 16.5. The third-order valence-corrected chi connectivity index (χ3v) is 4.19. The molecule has 1 amide bonds. The lowest BCUT2D eigenvalue weighted by molar-refractivity contribution is -0.121. The van der Waals surface area contributed by atoms with Crippen LogP contribution in [0.4, 0.5) is 5.69 Å². The van der Waals surface area contributed by atoms with Crippen LogP contribution in [0.3, 0.4) is 0 Å². The van der Waals surface area contributed by atoms with Gasteiger partial charge < -0.3 is 15.0 Å². The first kappa shape index (κ1) is 17.0. The Hall–Kier alpha value is -3.44. The summed E-state index contributed by atoms with van der Waals surface area (Å²) < 4.78 is 5.51. The second kappa shape index (κ2) is 7.85. The van der Waals surface area contributed by atoms with Gasteiger partial charge >= 0.3 is 0 Å². The fourth-order valence-electron chi connectivity index (χ4n) is 2.90. The van der Waals surface area contributed by atoms with Crippen molar-refractivity contribution in [1.29, 1.82) is 0 Å². The van der Waals surface area contributed by atoms with Gasteiger partial charge in [-0.05, 0) is 29.8 Å². The zero-order valence-corrected chi connectivity index (χ0v) is 14.7. The molecule has 4 aromatic rings. The molecule has 0 bridgehead atoms. The number of benzene rings is 3. The number of H-pyrrole nitrogens is 1.